The molecule has 0 aliphatic carbocycles. The molecule has 1 aromatic carbocycles. The molecular weight excluding hydrogens is 172 g/mol. The molecule has 1 atom stereocenters. The monoisotopic (exact) mass is 190 g/mol. The van der Waals surface area contributed by atoms with Gasteiger partial charge in [0.25, 0.3) is 0 Å². The molecule has 13 heavy (non-hydrogen) atoms. The van der Waals surface area contributed by atoms with Gasteiger partial charge in [0.05, 0.1) is 0 Å². The topological polar surface area (TPSA) is 0 Å². The summed E-state index contributed by atoms with van der Waals surface area (Å²) in [5, 5.41) is 0. The zero-order valence-corrected chi connectivity index (χ0v) is 9.69. The maximum absolute atomic E-state index is 2.46. The Kier molecular flexibility index (Phi) is 4.69. The maximum atomic E-state index is 2.46. The minimum Gasteiger partial charge on any atom is -0.106 e. The van der Waals surface area contributed by atoms with Crippen LogP contribution in [0.5, 0.6) is 0 Å². The van der Waals surface area contributed by atoms with Crippen molar-refractivity contribution in [1.29, 1.82) is 0 Å². The average Bonchev–Trinajstić information content (AvgIpc) is 2.21. The Bertz CT molecular complexity index is 251. The third-order valence-corrected chi connectivity index (χ3v) is 4.34. The first-order chi connectivity index (χ1) is 6.38. The van der Waals surface area contributed by atoms with E-state index in [1.165, 1.54) is 18.4 Å². The van der Waals surface area contributed by atoms with Crippen molar-refractivity contribution in [2.75, 3.05) is 0 Å². The molecule has 0 aromatic heterocycles. The molecule has 1 rings (SSSR count). The summed E-state index contributed by atoms with van der Waals surface area (Å²) in [6, 6.07) is 10.9. The van der Waals surface area contributed by atoms with Crippen LogP contribution in [-0.2, 0) is 0 Å². The lowest BCUT2D eigenvalue weighted by atomic mass is 10.1. The molecule has 1 aromatic rings. The van der Waals surface area contributed by atoms with Crippen LogP contribution in [0.4, 0.5) is 0 Å². The Hall–Kier alpha value is -0.693. The fourth-order valence-corrected chi connectivity index (χ4v) is 2.80. The lowest BCUT2D eigenvalue weighted by Gasteiger charge is -2.09. The third-order valence-electron chi connectivity index (χ3n) is 2.27. The Morgan fingerprint density at radius 3 is 2.46 bits per heavy atom. The lowest BCUT2D eigenvalue weighted by Crippen LogP contribution is -2.02. The van der Waals surface area contributed by atoms with Gasteiger partial charge in [-0.3, -0.25) is 0 Å². The number of rotatable bonds is 4. The van der Waals surface area contributed by atoms with E-state index in [1.807, 2.05) is 0 Å². The summed E-state index contributed by atoms with van der Waals surface area (Å²) in [7, 11) is 0.489. The smallest absolute Gasteiger partial charge is 0.00398 e. The Labute approximate surface area is 83.4 Å². The van der Waals surface area contributed by atoms with Crippen LogP contribution in [0.1, 0.15) is 37.8 Å². The van der Waals surface area contributed by atoms with Crippen LogP contribution in [0.25, 0.3) is 0 Å². The first kappa shape index (κ1) is 10.4. The number of benzene rings is 1. The van der Waals surface area contributed by atoms with Gasteiger partial charge in [-0.2, -0.15) is 0 Å². The largest absolute Gasteiger partial charge is 0.106 e. The number of hydrogen-bond donors (Lipinski definition) is 0. The van der Waals surface area contributed by atoms with Gasteiger partial charge in [-0.05, 0) is 33.1 Å². The predicted octanol–water partition coefficient (Wildman–Crippen LogP) is 2.79. The van der Waals surface area contributed by atoms with E-state index in [0.717, 1.165) is 5.54 Å². The SMILES string of the molecule is CCC=[SiH]C(CC)c1ccccc1. The van der Waals surface area contributed by atoms with E-state index in [-0.39, 0.29) is 0 Å². The summed E-state index contributed by atoms with van der Waals surface area (Å²) in [6.45, 7) is 4.51. The van der Waals surface area contributed by atoms with Crippen LogP contribution in [0.2, 0.25) is 0 Å². The first-order valence-corrected chi connectivity index (χ1v) is 6.43. The summed E-state index contributed by atoms with van der Waals surface area (Å²) in [6.07, 6.45) is 2.49. The summed E-state index contributed by atoms with van der Waals surface area (Å²) in [5.41, 5.74) is 4.78. The van der Waals surface area contributed by atoms with E-state index in [0.29, 0.717) is 9.13 Å². The van der Waals surface area contributed by atoms with E-state index in [4.69, 9.17) is 0 Å². The summed E-state index contributed by atoms with van der Waals surface area (Å²) >= 11 is 0. The molecule has 0 saturated carbocycles. The van der Waals surface area contributed by atoms with Crippen LogP contribution in [0, 0.1) is 0 Å². The van der Waals surface area contributed by atoms with Crippen LogP contribution in [0.15, 0.2) is 30.3 Å². The van der Waals surface area contributed by atoms with E-state index in [1.54, 1.807) is 0 Å². The second-order valence-corrected chi connectivity index (χ2v) is 4.92. The third kappa shape index (κ3) is 3.27. The van der Waals surface area contributed by atoms with Crippen LogP contribution in [0.3, 0.4) is 0 Å². The van der Waals surface area contributed by atoms with Crippen molar-refractivity contribution in [1.82, 2.24) is 0 Å². The molecule has 0 radical (unpaired) electrons. The second kappa shape index (κ2) is 5.87. The van der Waals surface area contributed by atoms with Gasteiger partial charge in [0.2, 0.25) is 0 Å². The first-order valence-electron chi connectivity index (χ1n) is 5.10. The quantitative estimate of drug-likeness (QED) is 0.641. The summed E-state index contributed by atoms with van der Waals surface area (Å²) in [5.74, 6) is 0. The fourth-order valence-electron chi connectivity index (χ4n) is 1.48. The second-order valence-electron chi connectivity index (χ2n) is 3.26. The molecule has 0 nitrogen and oxygen atoms in total. The zero-order valence-electron chi connectivity index (χ0n) is 8.53. The lowest BCUT2D eigenvalue weighted by molar-refractivity contribution is 0.880. The Morgan fingerprint density at radius 1 is 1.23 bits per heavy atom. The van der Waals surface area contributed by atoms with Crippen molar-refractivity contribution < 1.29 is 0 Å². The van der Waals surface area contributed by atoms with Gasteiger partial charge in [0, 0.05) is 0 Å². The van der Waals surface area contributed by atoms with E-state index in [9.17, 15) is 0 Å². The van der Waals surface area contributed by atoms with E-state index < -0.39 is 0 Å². The summed E-state index contributed by atoms with van der Waals surface area (Å²) in [4.78, 5) is 0. The molecule has 1 heteroatoms. The molecule has 0 N–H and O–H groups in total. The van der Waals surface area contributed by atoms with Crippen LogP contribution in [-0.4, -0.2) is 14.8 Å². The van der Waals surface area contributed by atoms with E-state index in [2.05, 4.69) is 49.9 Å². The molecule has 0 aliphatic heterocycles. The van der Waals surface area contributed by atoms with Crippen molar-refractivity contribution in [3.05, 3.63) is 35.9 Å². The predicted molar refractivity (Wildman–Crippen MR) is 63.0 cm³/mol. The molecule has 0 fully saturated rings. The van der Waals surface area contributed by atoms with Crippen LogP contribution >= 0.6 is 0 Å². The van der Waals surface area contributed by atoms with Gasteiger partial charge in [-0.25, -0.2) is 0 Å². The molecule has 0 heterocycles. The van der Waals surface area contributed by atoms with Crippen molar-refractivity contribution in [3.63, 3.8) is 0 Å². The average molecular weight is 190 g/mol. The highest BCUT2D eigenvalue weighted by molar-refractivity contribution is 6.48. The normalized spacial score (nSPS) is 13.4. The molecule has 1 unspecified atom stereocenters. The van der Waals surface area contributed by atoms with Gasteiger partial charge < -0.3 is 0 Å². The zero-order chi connectivity index (χ0) is 9.52. The molecular formula is C12H18Si. The number of hydrogen-bond acceptors (Lipinski definition) is 0. The Morgan fingerprint density at radius 2 is 1.92 bits per heavy atom. The highest BCUT2D eigenvalue weighted by atomic mass is 28.2. The highest BCUT2D eigenvalue weighted by Gasteiger charge is 2.03. The molecule has 0 amide bonds. The molecule has 0 aliphatic rings. The summed E-state index contributed by atoms with van der Waals surface area (Å²) < 4.78 is 0. The minimum absolute atomic E-state index is 0.489. The molecule has 0 saturated heterocycles. The van der Waals surface area contributed by atoms with Crippen LogP contribution < -0.4 is 0 Å². The van der Waals surface area contributed by atoms with E-state index >= 15 is 0 Å². The fraction of sp³-hybridized carbons (Fsp3) is 0.417. The standard InChI is InChI=1S/C12H18Si/c1-3-10-13-12(4-2)11-8-6-5-7-9-11/h5-10,12-13H,3-4H2,1-2H3. The van der Waals surface area contributed by atoms with Gasteiger partial charge in [-0.15, -0.1) is 5.67 Å². The van der Waals surface area contributed by atoms with Gasteiger partial charge in [0.1, 0.15) is 0 Å². The van der Waals surface area contributed by atoms with Crippen molar-refractivity contribution in [2.45, 2.75) is 32.2 Å². The van der Waals surface area contributed by atoms with Gasteiger partial charge in [-0.1, -0.05) is 44.2 Å². The molecule has 0 bridgehead atoms. The minimum atomic E-state index is 0.489. The van der Waals surface area contributed by atoms with Crippen molar-refractivity contribution >= 4 is 14.8 Å². The maximum Gasteiger partial charge on any atom is -0.00398 e. The van der Waals surface area contributed by atoms with Crippen molar-refractivity contribution in [2.24, 2.45) is 0 Å². The van der Waals surface area contributed by atoms with Gasteiger partial charge in [0.15, 0.2) is 0 Å². The van der Waals surface area contributed by atoms with Gasteiger partial charge >= 0.3 is 0 Å². The molecule has 0 spiro atoms. The molecule has 70 valence electrons. The van der Waals surface area contributed by atoms with Crippen molar-refractivity contribution in [3.8, 4) is 0 Å². The highest BCUT2D eigenvalue weighted by Crippen LogP contribution is 2.15. The Balaban J connectivity index is 2.73.